The lowest BCUT2D eigenvalue weighted by Gasteiger charge is -2.06. The summed E-state index contributed by atoms with van der Waals surface area (Å²) >= 11 is 1.54. The average Bonchev–Trinajstić information content (AvgIpc) is 2.79. The second-order valence-electron chi connectivity index (χ2n) is 4.18. The van der Waals surface area contributed by atoms with E-state index in [2.05, 4.69) is 10.2 Å². The van der Waals surface area contributed by atoms with Crippen LogP contribution in [-0.2, 0) is 12.3 Å². The summed E-state index contributed by atoms with van der Waals surface area (Å²) in [4.78, 5) is 10.2. The molecular formula is C12H15N5O2S. The van der Waals surface area contributed by atoms with Crippen LogP contribution < -0.4 is 5.73 Å². The number of nitrogens with zero attached hydrogens (tertiary/aromatic N) is 4. The zero-order valence-electron chi connectivity index (χ0n) is 11.0. The highest BCUT2D eigenvalue weighted by Gasteiger charge is 2.09. The summed E-state index contributed by atoms with van der Waals surface area (Å²) < 4.78 is 1.97. The first-order valence-corrected chi connectivity index (χ1v) is 7.06. The standard InChI is InChI=1S/C12H15N5O2S/c1-9-14-15-12(16(9)7-6-13)20-8-10-2-4-11(5-3-10)17(18)19/h2-5H,6-8,13H2,1H3. The van der Waals surface area contributed by atoms with Gasteiger partial charge in [0, 0.05) is 31.0 Å². The first-order chi connectivity index (χ1) is 9.61. The lowest BCUT2D eigenvalue weighted by molar-refractivity contribution is -0.384. The molecule has 2 rings (SSSR count). The predicted molar refractivity (Wildman–Crippen MR) is 76.5 cm³/mol. The minimum absolute atomic E-state index is 0.0980. The van der Waals surface area contributed by atoms with E-state index in [-0.39, 0.29) is 5.69 Å². The monoisotopic (exact) mass is 293 g/mol. The molecule has 7 nitrogen and oxygen atoms in total. The molecule has 20 heavy (non-hydrogen) atoms. The Labute approximate surface area is 120 Å². The van der Waals surface area contributed by atoms with Gasteiger partial charge in [0.2, 0.25) is 0 Å². The molecule has 0 aliphatic heterocycles. The molecule has 0 aliphatic carbocycles. The van der Waals surface area contributed by atoms with Crippen LogP contribution in [0.2, 0.25) is 0 Å². The van der Waals surface area contributed by atoms with E-state index in [1.54, 1.807) is 12.1 Å². The number of nitro groups is 1. The predicted octanol–water partition coefficient (Wildman–Crippen LogP) is 1.75. The van der Waals surface area contributed by atoms with E-state index < -0.39 is 4.92 Å². The third-order valence-electron chi connectivity index (χ3n) is 2.77. The molecule has 0 atom stereocenters. The number of thioether (sulfide) groups is 1. The molecule has 0 bridgehead atoms. The number of non-ortho nitro benzene ring substituents is 1. The minimum Gasteiger partial charge on any atom is -0.329 e. The highest BCUT2D eigenvalue weighted by molar-refractivity contribution is 7.98. The Morgan fingerprint density at radius 3 is 2.65 bits per heavy atom. The average molecular weight is 293 g/mol. The van der Waals surface area contributed by atoms with Gasteiger partial charge in [-0.3, -0.25) is 10.1 Å². The zero-order chi connectivity index (χ0) is 14.5. The quantitative estimate of drug-likeness (QED) is 0.494. The zero-order valence-corrected chi connectivity index (χ0v) is 11.8. The minimum atomic E-state index is -0.405. The van der Waals surface area contributed by atoms with Crippen molar-refractivity contribution < 1.29 is 4.92 Å². The largest absolute Gasteiger partial charge is 0.329 e. The van der Waals surface area contributed by atoms with Gasteiger partial charge in [-0.05, 0) is 12.5 Å². The van der Waals surface area contributed by atoms with Gasteiger partial charge in [0.15, 0.2) is 5.16 Å². The number of nitrogens with two attached hydrogens (primary N) is 1. The molecule has 0 radical (unpaired) electrons. The maximum atomic E-state index is 10.6. The lowest BCUT2D eigenvalue weighted by atomic mass is 10.2. The Hall–Kier alpha value is -1.93. The Bertz CT molecular complexity index is 596. The van der Waals surface area contributed by atoms with E-state index >= 15 is 0 Å². The molecule has 2 aromatic rings. The van der Waals surface area contributed by atoms with Gasteiger partial charge < -0.3 is 10.3 Å². The van der Waals surface area contributed by atoms with Crippen LogP contribution in [0.5, 0.6) is 0 Å². The van der Waals surface area contributed by atoms with Gasteiger partial charge in [0.05, 0.1) is 4.92 Å². The molecule has 1 aromatic heterocycles. The van der Waals surface area contributed by atoms with Gasteiger partial charge in [-0.1, -0.05) is 23.9 Å². The van der Waals surface area contributed by atoms with Crippen LogP contribution in [0.15, 0.2) is 29.4 Å². The fourth-order valence-corrected chi connectivity index (χ4v) is 2.68. The Kier molecular flexibility index (Phi) is 4.70. The molecule has 106 valence electrons. The number of benzene rings is 1. The van der Waals surface area contributed by atoms with Crippen LogP contribution in [0.25, 0.3) is 0 Å². The summed E-state index contributed by atoms with van der Waals surface area (Å²) in [5, 5.41) is 19.5. The summed E-state index contributed by atoms with van der Waals surface area (Å²) in [6.45, 7) is 3.10. The molecular weight excluding hydrogens is 278 g/mol. The fraction of sp³-hybridized carbons (Fsp3) is 0.333. The summed E-state index contributed by atoms with van der Waals surface area (Å²) in [7, 11) is 0. The first kappa shape index (κ1) is 14.5. The van der Waals surface area contributed by atoms with Crippen LogP contribution in [-0.4, -0.2) is 26.2 Å². The summed E-state index contributed by atoms with van der Waals surface area (Å²) in [5.41, 5.74) is 6.66. The second kappa shape index (κ2) is 6.49. The maximum absolute atomic E-state index is 10.6. The van der Waals surface area contributed by atoms with E-state index in [1.165, 1.54) is 23.9 Å². The van der Waals surface area contributed by atoms with E-state index in [0.717, 1.165) is 16.5 Å². The van der Waals surface area contributed by atoms with Crippen LogP contribution in [0.3, 0.4) is 0 Å². The summed E-state index contributed by atoms with van der Waals surface area (Å²) in [5.74, 6) is 1.52. The molecule has 1 heterocycles. The van der Waals surface area contributed by atoms with Crippen LogP contribution in [0.1, 0.15) is 11.4 Å². The smallest absolute Gasteiger partial charge is 0.269 e. The first-order valence-electron chi connectivity index (χ1n) is 6.08. The van der Waals surface area contributed by atoms with Crippen LogP contribution >= 0.6 is 11.8 Å². The van der Waals surface area contributed by atoms with Crippen molar-refractivity contribution in [2.45, 2.75) is 24.4 Å². The highest BCUT2D eigenvalue weighted by atomic mass is 32.2. The second-order valence-corrected chi connectivity index (χ2v) is 5.12. The molecule has 0 saturated carbocycles. The molecule has 0 aliphatic rings. The summed E-state index contributed by atoms with van der Waals surface area (Å²) in [6.07, 6.45) is 0. The van der Waals surface area contributed by atoms with Gasteiger partial charge in [-0.15, -0.1) is 10.2 Å². The van der Waals surface area contributed by atoms with Gasteiger partial charge in [0.1, 0.15) is 5.82 Å². The fourth-order valence-electron chi connectivity index (χ4n) is 1.72. The van der Waals surface area contributed by atoms with Gasteiger partial charge in [0.25, 0.3) is 5.69 Å². The van der Waals surface area contributed by atoms with Crippen LogP contribution in [0, 0.1) is 17.0 Å². The maximum Gasteiger partial charge on any atom is 0.269 e. The van der Waals surface area contributed by atoms with E-state index in [1.807, 2.05) is 11.5 Å². The van der Waals surface area contributed by atoms with Crippen molar-refractivity contribution in [3.8, 4) is 0 Å². The highest BCUT2D eigenvalue weighted by Crippen LogP contribution is 2.23. The normalized spacial score (nSPS) is 10.7. The number of aromatic nitrogens is 3. The van der Waals surface area contributed by atoms with E-state index in [4.69, 9.17) is 5.73 Å². The topological polar surface area (TPSA) is 99.9 Å². The number of aryl methyl sites for hydroxylation is 1. The molecule has 0 unspecified atom stereocenters. The third-order valence-corrected chi connectivity index (χ3v) is 3.81. The molecule has 0 amide bonds. The number of nitro benzene ring substituents is 1. The molecule has 0 spiro atoms. The van der Waals surface area contributed by atoms with Crippen LogP contribution in [0.4, 0.5) is 5.69 Å². The molecule has 0 saturated heterocycles. The van der Waals surface area contributed by atoms with Crippen molar-refractivity contribution in [2.75, 3.05) is 6.54 Å². The lowest BCUT2D eigenvalue weighted by Crippen LogP contribution is -2.12. The van der Waals surface area contributed by atoms with Gasteiger partial charge in [-0.25, -0.2) is 0 Å². The van der Waals surface area contributed by atoms with Gasteiger partial charge >= 0.3 is 0 Å². The summed E-state index contributed by atoms with van der Waals surface area (Å²) in [6, 6.07) is 6.51. The van der Waals surface area contributed by atoms with E-state index in [9.17, 15) is 10.1 Å². The molecule has 2 N–H and O–H groups in total. The Balaban J connectivity index is 2.03. The third kappa shape index (κ3) is 3.34. The molecule has 1 aromatic carbocycles. The SMILES string of the molecule is Cc1nnc(SCc2ccc([N+](=O)[O-])cc2)n1CCN. The van der Waals surface area contributed by atoms with Crippen molar-refractivity contribution >= 4 is 17.4 Å². The van der Waals surface area contributed by atoms with E-state index in [0.29, 0.717) is 18.8 Å². The van der Waals surface area contributed by atoms with Crippen molar-refractivity contribution in [1.29, 1.82) is 0 Å². The molecule has 8 heteroatoms. The molecule has 0 fully saturated rings. The van der Waals surface area contributed by atoms with Crippen molar-refractivity contribution in [2.24, 2.45) is 5.73 Å². The Morgan fingerprint density at radius 2 is 2.05 bits per heavy atom. The van der Waals surface area contributed by atoms with Crippen molar-refractivity contribution in [3.63, 3.8) is 0 Å². The number of hydrogen-bond donors (Lipinski definition) is 1. The Morgan fingerprint density at radius 1 is 1.35 bits per heavy atom. The number of hydrogen-bond acceptors (Lipinski definition) is 6. The van der Waals surface area contributed by atoms with Crippen molar-refractivity contribution in [1.82, 2.24) is 14.8 Å². The van der Waals surface area contributed by atoms with Gasteiger partial charge in [-0.2, -0.15) is 0 Å². The number of rotatable bonds is 6. The van der Waals surface area contributed by atoms with Crippen molar-refractivity contribution in [3.05, 3.63) is 45.8 Å².